The number of thiazole rings is 1. The third-order valence-corrected chi connectivity index (χ3v) is 5.30. The highest BCUT2D eigenvalue weighted by Crippen LogP contribution is 2.29. The van der Waals surface area contributed by atoms with E-state index in [2.05, 4.69) is 27.5 Å². The number of hydrazine groups is 1. The van der Waals surface area contributed by atoms with Crippen molar-refractivity contribution in [3.63, 3.8) is 0 Å². The van der Waals surface area contributed by atoms with Gasteiger partial charge in [-0.1, -0.05) is 6.58 Å². The number of nitrogens with zero attached hydrogens (tertiary/aromatic N) is 3. The zero-order chi connectivity index (χ0) is 22.0. The molecule has 156 valence electrons. The molecule has 2 heterocycles. The number of nitrogens with two attached hydrogens (primary N) is 1. The molecule has 0 unspecified atom stereocenters. The number of nitrogens with one attached hydrogen (secondary N) is 2. The first kappa shape index (κ1) is 20.1. The fourth-order valence-corrected chi connectivity index (χ4v) is 3.61. The smallest absolute Gasteiger partial charge is 0.301 e. The molecule has 1 saturated heterocycles. The average Bonchev–Trinajstić information content (AvgIpc) is 3.37. The lowest BCUT2D eigenvalue weighted by atomic mass is 10.2. The monoisotopic (exact) mass is 434 g/mol. The number of anilines is 2. The van der Waals surface area contributed by atoms with Crippen LogP contribution in [-0.2, 0) is 4.79 Å². The maximum atomic E-state index is 12.8. The van der Waals surface area contributed by atoms with Gasteiger partial charge in [0.2, 0.25) is 11.0 Å². The van der Waals surface area contributed by atoms with Gasteiger partial charge in [-0.15, -0.1) is 11.3 Å². The number of methoxy groups -OCH3 is 1. The maximum absolute atomic E-state index is 12.8. The van der Waals surface area contributed by atoms with Crippen LogP contribution in [0.25, 0.3) is 11.3 Å². The Bertz CT molecular complexity index is 1180. The minimum Gasteiger partial charge on any atom is -0.497 e. The molecule has 0 bridgehead atoms. The summed E-state index contributed by atoms with van der Waals surface area (Å²) in [6, 6.07) is 13.9. The lowest BCUT2D eigenvalue weighted by Crippen LogP contribution is -2.34. The molecular formula is C21H18N6O3S. The van der Waals surface area contributed by atoms with Crippen LogP contribution in [0.3, 0.4) is 0 Å². The maximum Gasteiger partial charge on any atom is 0.301 e. The first-order valence-corrected chi connectivity index (χ1v) is 9.98. The Morgan fingerprint density at radius 1 is 1.23 bits per heavy atom. The van der Waals surface area contributed by atoms with Gasteiger partial charge in [-0.05, 0) is 48.5 Å². The quantitative estimate of drug-likeness (QED) is 0.513. The summed E-state index contributed by atoms with van der Waals surface area (Å²) < 4.78 is 5.17. The van der Waals surface area contributed by atoms with Gasteiger partial charge in [-0.25, -0.2) is 4.98 Å². The van der Waals surface area contributed by atoms with Crippen molar-refractivity contribution in [2.45, 2.75) is 0 Å². The second kappa shape index (κ2) is 8.28. The van der Waals surface area contributed by atoms with E-state index >= 15 is 0 Å². The molecule has 3 aromatic rings. The first-order chi connectivity index (χ1) is 15.0. The number of hydrazone groups is 1. The Morgan fingerprint density at radius 3 is 2.58 bits per heavy atom. The Balaban J connectivity index is 1.49. The van der Waals surface area contributed by atoms with Crippen LogP contribution >= 0.6 is 11.3 Å². The molecule has 2 aromatic carbocycles. The molecule has 2 amide bonds. The summed E-state index contributed by atoms with van der Waals surface area (Å²) in [5.74, 6) is -0.152. The third kappa shape index (κ3) is 4.09. The highest BCUT2D eigenvalue weighted by atomic mass is 32.1. The second-order valence-corrected chi connectivity index (χ2v) is 7.33. The number of amides is 2. The van der Waals surface area contributed by atoms with Crippen molar-refractivity contribution in [1.82, 2.24) is 10.4 Å². The van der Waals surface area contributed by atoms with Gasteiger partial charge in [0.15, 0.2) is 5.71 Å². The normalized spacial score (nSPS) is 14.6. The number of ether oxygens (including phenoxy) is 1. The van der Waals surface area contributed by atoms with E-state index in [0.29, 0.717) is 22.1 Å². The molecule has 4 N–H and O–H groups in total. The van der Waals surface area contributed by atoms with E-state index in [1.54, 1.807) is 31.4 Å². The van der Waals surface area contributed by atoms with Crippen LogP contribution in [0.15, 0.2) is 71.3 Å². The Labute approximate surface area is 181 Å². The summed E-state index contributed by atoms with van der Waals surface area (Å²) in [6.45, 7) is 3.85. The predicted molar refractivity (Wildman–Crippen MR) is 120 cm³/mol. The van der Waals surface area contributed by atoms with E-state index in [0.717, 1.165) is 17.0 Å². The van der Waals surface area contributed by atoms with Gasteiger partial charge in [0, 0.05) is 16.5 Å². The number of benzene rings is 2. The van der Waals surface area contributed by atoms with E-state index in [1.165, 1.54) is 16.3 Å². The third-order valence-electron chi connectivity index (χ3n) is 4.47. The summed E-state index contributed by atoms with van der Waals surface area (Å²) in [5.41, 5.74) is 14.0. The Morgan fingerprint density at radius 2 is 1.94 bits per heavy atom. The molecule has 10 heteroatoms. The molecule has 0 spiro atoms. The molecular weight excluding hydrogens is 416 g/mol. The number of rotatable bonds is 6. The van der Waals surface area contributed by atoms with Crippen LogP contribution in [0.4, 0.5) is 10.8 Å². The van der Waals surface area contributed by atoms with Gasteiger partial charge >= 0.3 is 5.91 Å². The number of hydrogen-bond donors (Lipinski definition) is 3. The van der Waals surface area contributed by atoms with Crippen LogP contribution in [-0.4, -0.2) is 29.6 Å². The van der Waals surface area contributed by atoms with Gasteiger partial charge < -0.3 is 10.5 Å². The minimum atomic E-state index is -0.519. The van der Waals surface area contributed by atoms with Gasteiger partial charge in [0.1, 0.15) is 5.75 Å². The van der Waals surface area contributed by atoms with E-state index in [4.69, 9.17) is 10.5 Å². The summed E-state index contributed by atoms with van der Waals surface area (Å²) >= 11 is 1.32. The highest BCUT2D eigenvalue weighted by Gasteiger charge is 2.34. The van der Waals surface area contributed by atoms with E-state index in [9.17, 15) is 9.59 Å². The van der Waals surface area contributed by atoms with E-state index < -0.39 is 5.91 Å². The average molecular weight is 434 g/mol. The van der Waals surface area contributed by atoms with E-state index in [1.807, 2.05) is 29.6 Å². The number of aromatic nitrogens is 1. The van der Waals surface area contributed by atoms with E-state index in [-0.39, 0.29) is 11.6 Å². The molecule has 0 saturated carbocycles. The van der Waals surface area contributed by atoms with Crippen LogP contribution in [0.1, 0.15) is 10.4 Å². The van der Waals surface area contributed by atoms with Crippen molar-refractivity contribution in [3.8, 4) is 17.0 Å². The van der Waals surface area contributed by atoms with Gasteiger partial charge in [-0.2, -0.15) is 10.1 Å². The molecule has 1 aliphatic rings. The van der Waals surface area contributed by atoms with Crippen molar-refractivity contribution in [2.24, 2.45) is 10.8 Å². The zero-order valence-corrected chi connectivity index (χ0v) is 17.3. The molecule has 0 aliphatic carbocycles. The molecule has 1 aliphatic heterocycles. The zero-order valence-electron chi connectivity index (χ0n) is 16.5. The minimum absolute atomic E-state index is 0.125. The number of primary amides is 1. The summed E-state index contributed by atoms with van der Waals surface area (Å²) in [6.07, 6.45) is 0. The largest absolute Gasteiger partial charge is 0.497 e. The SMILES string of the molecule is C=C1NN(c2nc(-c3ccc(OC)cc3)cs2)C(=O)C1=NNc1ccc(C(N)=O)cc1. The summed E-state index contributed by atoms with van der Waals surface area (Å²) in [7, 11) is 1.61. The van der Waals surface area contributed by atoms with Crippen molar-refractivity contribution >= 4 is 39.7 Å². The number of carbonyl (C=O) groups excluding carboxylic acids is 2. The molecule has 4 rings (SSSR count). The number of hydrogen-bond acceptors (Lipinski definition) is 8. The first-order valence-electron chi connectivity index (χ1n) is 9.10. The molecule has 1 aromatic heterocycles. The second-order valence-electron chi connectivity index (χ2n) is 6.49. The number of carbonyl (C=O) groups is 2. The van der Waals surface area contributed by atoms with Crippen molar-refractivity contribution in [1.29, 1.82) is 0 Å². The molecule has 9 nitrogen and oxygen atoms in total. The van der Waals surface area contributed by atoms with Crippen molar-refractivity contribution < 1.29 is 14.3 Å². The van der Waals surface area contributed by atoms with Crippen molar-refractivity contribution in [3.05, 3.63) is 71.8 Å². The highest BCUT2D eigenvalue weighted by molar-refractivity contribution is 7.14. The fourth-order valence-electron chi connectivity index (χ4n) is 2.81. The summed E-state index contributed by atoms with van der Waals surface area (Å²) in [5, 5.41) is 7.78. The Hall–Kier alpha value is -4.18. The van der Waals surface area contributed by atoms with Gasteiger partial charge in [-0.3, -0.25) is 20.4 Å². The van der Waals surface area contributed by atoms with Crippen LogP contribution in [0.5, 0.6) is 5.75 Å². The lowest BCUT2D eigenvalue weighted by Gasteiger charge is -2.10. The van der Waals surface area contributed by atoms with Gasteiger partial charge in [0.25, 0.3) is 0 Å². The lowest BCUT2D eigenvalue weighted by molar-refractivity contribution is -0.112. The fraction of sp³-hybridized carbons (Fsp3) is 0.0476. The van der Waals surface area contributed by atoms with Crippen LogP contribution in [0.2, 0.25) is 0 Å². The molecule has 31 heavy (non-hydrogen) atoms. The van der Waals surface area contributed by atoms with Gasteiger partial charge in [0.05, 0.1) is 24.2 Å². The van der Waals surface area contributed by atoms with Crippen LogP contribution in [0, 0.1) is 0 Å². The summed E-state index contributed by atoms with van der Waals surface area (Å²) in [4.78, 5) is 28.5. The van der Waals surface area contributed by atoms with Crippen molar-refractivity contribution in [2.75, 3.05) is 17.5 Å². The topological polar surface area (TPSA) is 122 Å². The predicted octanol–water partition coefficient (Wildman–Crippen LogP) is 2.75. The molecule has 0 atom stereocenters. The molecule has 0 radical (unpaired) electrons. The van der Waals surface area contributed by atoms with Crippen LogP contribution < -0.4 is 26.3 Å². The molecule has 1 fully saturated rings. The standard InChI is InChI=1S/C21H18N6O3S/c1-12-18(25-24-15-7-3-14(4-8-15)19(22)28)20(29)27(26-12)21-23-17(11-31-21)13-5-9-16(30-2)10-6-13/h3-11,24,26H,1H2,2H3,(H2,22,28). The Kier molecular flexibility index (Phi) is 5.37.